The van der Waals surface area contributed by atoms with E-state index in [0.717, 1.165) is 32.8 Å². The number of nitrogens with zero attached hydrogens (tertiary/aromatic N) is 1. The molecule has 4 aromatic rings. The van der Waals surface area contributed by atoms with Gasteiger partial charge in [-0.25, -0.2) is 4.79 Å². The molecule has 0 saturated carbocycles. The van der Waals surface area contributed by atoms with E-state index >= 15 is 0 Å². The van der Waals surface area contributed by atoms with E-state index in [1.807, 2.05) is 57.2 Å². The number of hydrogen-bond donors (Lipinski definition) is 0. The van der Waals surface area contributed by atoms with Crippen molar-refractivity contribution in [2.24, 2.45) is 0 Å². The minimum absolute atomic E-state index is 0.366. The zero-order valence-corrected chi connectivity index (χ0v) is 15.2. The molecule has 0 fully saturated rings. The van der Waals surface area contributed by atoms with Crippen LogP contribution in [-0.4, -0.2) is 16.3 Å². The van der Waals surface area contributed by atoms with Gasteiger partial charge in [-0.05, 0) is 60.5 Å². The number of aromatic nitrogens is 1. The minimum atomic E-state index is -0.542. The molecule has 0 radical (unpaired) electrons. The lowest BCUT2D eigenvalue weighted by Gasteiger charge is -2.21. The smallest absolute Gasteiger partial charge is 0.418 e. The molecule has 0 N–H and O–H groups in total. The Bertz CT molecular complexity index is 1060. The standard InChI is InChI=1S/C23H21NO2/c1-23(2,3)26-22(25)24-14-8-13-20(24)21-18-11-6-4-9-16(18)15-17-10-5-7-12-19(17)21/h4-15H,1-3H3. The number of carbonyl (C=O) groups is 1. The summed E-state index contributed by atoms with van der Waals surface area (Å²) in [4.78, 5) is 12.7. The van der Waals surface area contributed by atoms with E-state index in [1.54, 1.807) is 10.8 Å². The second-order valence-electron chi connectivity index (χ2n) is 7.44. The van der Waals surface area contributed by atoms with Crippen LogP contribution < -0.4 is 0 Å². The van der Waals surface area contributed by atoms with Gasteiger partial charge in [0.15, 0.2) is 0 Å². The van der Waals surface area contributed by atoms with E-state index in [1.165, 1.54) is 0 Å². The zero-order chi connectivity index (χ0) is 18.3. The Kier molecular flexibility index (Phi) is 3.80. The summed E-state index contributed by atoms with van der Waals surface area (Å²) in [7, 11) is 0. The van der Waals surface area contributed by atoms with Crippen LogP contribution in [0.25, 0.3) is 32.8 Å². The number of rotatable bonds is 1. The summed E-state index contributed by atoms with van der Waals surface area (Å²) in [5.74, 6) is 0. The first-order chi connectivity index (χ1) is 12.4. The van der Waals surface area contributed by atoms with Gasteiger partial charge in [-0.2, -0.15) is 0 Å². The summed E-state index contributed by atoms with van der Waals surface area (Å²) in [6.07, 6.45) is 1.40. The molecule has 130 valence electrons. The molecule has 0 amide bonds. The van der Waals surface area contributed by atoms with Crippen LogP contribution in [-0.2, 0) is 4.74 Å². The molecule has 3 nitrogen and oxygen atoms in total. The van der Waals surface area contributed by atoms with Crippen molar-refractivity contribution in [1.29, 1.82) is 0 Å². The summed E-state index contributed by atoms with van der Waals surface area (Å²) in [5, 5.41) is 4.54. The van der Waals surface area contributed by atoms with E-state index in [4.69, 9.17) is 4.74 Å². The van der Waals surface area contributed by atoms with Gasteiger partial charge in [-0.1, -0.05) is 48.5 Å². The molecule has 0 spiro atoms. The van der Waals surface area contributed by atoms with Crippen molar-refractivity contribution in [2.75, 3.05) is 0 Å². The molecule has 0 bridgehead atoms. The fraction of sp³-hybridized carbons (Fsp3) is 0.174. The lowest BCUT2D eigenvalue weighted by Crippen LogP contribution is -2.27. The highest BCUT2D eigenvalue weighted by Gasteiger charge is 2.21. The first-order valence-corrected chi connectivity index (χ1v) is 8.76. The molecule has 4 rings (SSSR count). The number of hydrogen-bond acceptors (Lipinski definition) is 2. The lowest BCUT2D eigenvalue weighted by atomic mass is 9.95. The molecule has 0 atom stereocenters. The zero-order valence-electron chi connectivity index (χ0n) is 15.2. The van der Waals surface area contributed by atoms with Crippen molar-refractivity contribution >= 4 is 27.6 Å². The maximum Gasteiger partial charge on any atom is 0.418 e. The third-order valence-electron chi connectivity index (χ3n) is 4.37. The van der Waals surface area contributed by atoms with Crippen LogP contribution in [0.2, 0.25) is 0 Å². The van der Waals surface area contributed by atoms with Gasteiger partial charge in [0.25, 0.3) is 0 Å². The fourth-order valence-corrected chi connectivity index (χ4v) is 3.34. The summed E-state index contributed by atoms with van der Waals surface area (Å²) in [5.41, 5.74) is 1.35. The molecule has 3 heteroatoms. The average Bonchev–Trinajstić information content (AvgIpc) is 3.07. The van der Waals surface area contributed by atoms with Gasteiger partial charge in [0.05, 0.1) is 5.69 Å². The molecular weight excluding hydrogens is 322 g/mol. The number of benzene rings is 3. The first-order valence-electron chi connectivity index (χ1n) is 8.76. The minimum Gasteiger partial charge on any atom is -0.443 e. The monoisotopic (exact) mass is 343 g/mol. The Morgan fingerprint density at radius 1 is 0.846 bits per heavy atom. The van der Waals surface area contributed by atoms with Crippen molar-refractivity contribution in [3.05, 3.63) is 72.9 Å². The Balaban J connectivity index is 2.00. The van der Waals surface area contributed by atoms with Crippen LogP contribution >= 0.6 is 0 Å². The topological polar surface area (TPSA) is 31.2 Å². The van der Waals surface area contributed by atoms with Gasteiger partial charge in [-0.15, -0.1) is 0 Å². The molecule has 1 aromatic heterocycles. The van der Waals surface area contributed by atoms with Gasteiger partial charge in [0.2, 0.25) is 0 Å². The third kappa shape index (κ3) is 2.86. The van der Waals surface area contributed by atoms with E-state index in [2.05, 4.69) is 30.3 Å². The molecule has 0 aliphatic carbocycles. The van der Waals surface area contributed by atoms with Crippen LogP contribution in [0.1, 0.15) is 20.8 Å². The van der Waals surface area contributed by atoms with Crippen LogP contribution in [0.3, 0.4) is 0 Å². The summed E-state index contributed by atoms with van der Waals surface area (Å²) >= 11 is 0. The van der Waals surface area contributed by atoms with Gasteiger partial charge in [-0.3, -0.25) is 4.57 Å². The normalized spacial score (nSPS) is 11.8. The molecular formula is C23H21NO2. The highest BCUT2D eigenvalue weighted by Crippen LogP contribution is 2.36. The lowest BCUT2D eigenvalue weighted by molar-refractivity contribution is 0.0540. The quantitative estimate of drug-likeness (QED) is 0.383. The van der Waals surface area contributed by atoms with E-state index in [9.17, 15) is 4.79 Å². The summed E-state index contributed by atoms with van der Waals surface area (Å²) in [6.45, 7) is 5.63. The molecule has 0 aliphatic rings. The van der Waals surface area contributed by atoms with Gasteiger partial charge < -0.3 is 4.74 Å². The predicted octanol–water partition coefficient (Wildman–Crippen LogP) is 6.24. The summed E-state index contributed by atoms with van der Waals surface area (Å²) in [6, 6.07) is 22.6. The van der Waals surface area contributed by atoms with Crippen molar-refractivity contribution in [1.82, 2.24) is 4.57 Å². The predicted molar refractivity (Wildman–Crippen MR) is 107 cm³/mol. The van der Waals surface area contributed by atoms with Gasteiger partial charge in [0.1, 0.15) is 5.60 Å². The van der Waals surface area contributed by atoms with Crippen molar-refractivity contribution in [2.45, 2.75) is 26.4 Å². The van der Waals surface area contributed by atoms with Crippen LogP contribution in [0, 0.1) is 0 Å². The highest BCUT2D eigenvalue weighted by molar-refractivity contribution is 6.12. The second-order valence-corrected chi connectivity index (χ2v) is 7.44. The Morgan fingerprint density at radius 3 is 2.00 bits per heavy atom. The first kappa shape index (κ1) is 16.4. The largest absolute Gasteiger partial charge is 0.443 e. The van der Waals surface area contributed by atoms with Crippen molar-refractivity contribution in [3.63, 3.8) is 0 Å². The van der Waals surface area contributed by atoms with Gasteiger partial charge in [0, 0.05) is 11.8 Å². The van der Waals surface area contributed by atoms with Crippen LogP contribution in [0.5, 0.6) is 0 Å². The van der Waals surface area contributed by atoms with E-state index in [-0.39, 0.29) is 6.09 Å². The van der Waals surface area contributed by atoms with Crippen molar-refractivity contribution < 1.29 is 9.53 Å². The Labute approximate surface area is 152 Å². The van der Waals surface area contributed by atoms with Crippen LogP contribution in [0.4, 0.5) is 4.79 Å². The maximum atomic E-state index is 12.7. The molecule has 1 heterocycles. The number of ether oxygens (including phenoxy) is 1. The maximum absolute atomic E-state index is 12.7. The Morgan fingerprint density at radius 2 is 1.42 bits per heavy atom. The number of carbonyl (C=O) groups excluding carboxylic acids is 1. The van der Waals surface area contributed by atoms with Gasteiger partial charge >= 0.3 is 6.09 Å². The summed E-state index contributed by atoms with van der Waals surface area (Å²) < 4.78 is 7.19. The fourth-order valence-electron chi connectivity index (χ4n) is 3.34. The number of fused-ring (bicyclic) bond motifs is 2. The van der Waals surface area contributed by atoms with E-state index in [0.29, 0.717) is 0 Å². The average molecular weight is 343 g/mol. The Hall–Kier alpha value is -3.07. The molecule has 0 unspecified atom stereocenters. The highest BCUT2D eigenvalue weighted by atomic mass is 16.6. The molecule has 0 aliphatic heterocycles. The molecule has 26 heavy (non-hydrogen) atoms. The molecule has 0 saturated heterocycles. The SMILES string of the molecule is CC(C)(C)OC(=O)n1cccc1-c1c2ccccc2cc2ccccc12. The van der Waals surface area contributed by atoms with Crippen molar-refractivity contribution in [3.8, 4) is 11.3 Å². The molecule has 3 aromatic carbocycles. The van der Waals surface area contributed by atoms with E-state index < -0.39 is 5.60 Å². The second kappa shape index (κ2) is 6.03. The van der Waals surface area contributed by atoms with Crippen LogP contribution in [0.15, 0.2) is 72.9 Å². The third-order valence-corrected chi connectivity index (χ3v) is 4.37.